The van der Waals surface area contributed by atoms with Crippen molar-refractivity contribution in [3.63, 3.8) is 0 Å². The third-order valence-corrected chi connectivity index (χ3v) is 1.30. The molecule has 0 heterocycles. The Kier molecular flexibility index (Phi) is 4.37. The second-order valence-corrected chi connectivity index (χ2v) is 2.46. The van der Waals surface area contributed by atoms with Gasteiger partial charge in [-0.25, -0.2) is 0 Å². The molecule has 0 fully saturated rings. The van der Waals surface area contributed by atoms with Crippen LogP contribution in [0.1, 0.15) is 19.3 Å². The van der Waals surface area contributed by atoms with Crippen LogP contribution in [0.15, 0.2) is 12.7 Å². The van der Waals surface area contributed by atoms with Crippen molar-refractivity contribution in [1.82, 2.24) is 0 Å². The van der Waals surface area contributed by atoms with E-state index in [0.29, 0.717) is 6.42 Å². The summed E-state index contributed by atoms with van der Waals surface area (Å²) in [6.07, 6.45) is -4.31. The average Bonchev–Trinajstić information content (AvgIpc) is 1.99. The normalized spacial score (nSPS) is 11.0. The van der Waals surface area contributed by atoms with Gasteiger partial charge in [-0.2, -0.15) is 13.2 Å². The van der Waals surface area contributed by atoms with E-state index in [1.54, 1.807) is 0 Å². The molecule has 0 rings (SSSR count). The fraction of sp³-hybridized carbons (Fsp3) is 0.500. The van der Waals surface area contributed by atoms with Crippen LogP contribution in [0.25, 0.3) is 0 Å². The van der Waals surface area contributed by atoms with E-state index in [2.05, 4.69) is 6.58 Å². The Morgan fingerprint density at radius 3 is 2.23 bits per heavy atom. The molecule has 0 aliphatic rings. The number of halogens is 3. The zero-order valence-corrected chi connectivity index (χ0v) is 6.86. The molecule has 0 amide bonds. The standard InChI is InChI=1S/C8H9F3O2/c1-2-3-4-6(12)5-7(13)8(9,10)11/h2H,1,3-5H2. The number of Topliss-reactive ketones (excluding diaryl/α,β-unsaturated/α-hetero) is 2. The molecule has 0 spiro atoms. The maximum Gasteiger partial charge on any atom is 0.450 e. The van der Waals surface area contributed by atoms with Gasteiger partial charge < -0.3 is 0 Å². The van der Waals surface area contributed by atoms with Gasteiger partial charge in [-0.1, -0.05) is 6.08 Å². The Labute approximate surface area is 73.4 Å². The first-order chi connectivity index (χ1) is 5.88. The molecule has 5 heteroatoms. The molecule has 13 heavy (non-hydrogen) atoms. The number of ketones is 2. The molecule has 0 radical (unpaired) electrons. The number of alkyl halides is 3. The number of carbonyl (C=O) groups excluding carboxylic acids is 2. The van der Waals surface area contributed by atoms with E-state index in [9.17, 15) is 22.8 Å². The van der Waals surface area contributed by atoms with Gasteiger partial charge in [-0.05, 0) is 6.42 Å². The average molecular weight is 194 g/mol. The van der Waals surface area contributed by atoms with E-state index in [-0.39, 0.29) is 6.42 Å². The summed E-state index contributed by atoms with van der Waals surface area (Å²) in [5.41, 5.74) is 0. The summed E-state index contributed by atoms with van der Waals surface area (Å²) < 4.78 is 34.8. The van der Waals surface area contributed by atoms with Gasteiger partial charge in [-0.3, -0.25) is 9.59 Å². The molecule has 0 unspecified atom stereocenters. The number of rotatable bonds is 5. The molecule has 2 nitrogen and oxygen atoms in total. The van der Waals surface area contributed by atoms with E-state index in [1.165, 1.54) is 6.08 Å². The number of hydrogen-bond acceptors (Lipinski definition) is 2. The Morgan fingerprint density at radius 1 is 1.31 bits per heavy atom. The van der Waals surface area contributed by atoms with Crippen LogP contribution < -0.4 is 0 Å². The lowest BCUT2D eigenvalue weighted by Gasteiger charge is -2.03. The third kappa shape index (κ3) is 5.16. The molecule has 0 aliphatic carbocycles. The summed E-state index contributed by atoms with van der Waals surface area (Å²) in [5, 5.41) is 0. The molecule has 0 bridgehead atoms. The highest BCUT2D eigenvalue weighted by Crippen LogP contribution is 2.18. The summed E-state index contributed by atoms with van der Waals surface area (Å²) in [7, 11) is 0. The maximum atomic E-state index is 11.6. The molecule has 0 atom stereocenters. The quantitative estimate of drug-likeness (QED) is 0.495. The summed E-state index contributed by atoms with van der Waals surface area (Å²) in [6.45, 7) is 3.30. The maximum absolute atomic E-state index is 11.6. The fourth-order valence-electron chi connectivity index (χ4n) is 0.631. The number of hydrogen-bond donors (Lipinski definition) is 0. The minimum Gasteiger partial charge on any atom is -0.299 e. The van der Waals surface area contributed by atoms with Crippen LogP contribution in [0.5, 0.6) is 0 Å². The van der Waals surface area contributed by atoms with Gasteiger partial charge in [0.15, 0.2) is 0 Å². The van der Waals surface area contributed by atoms with Gasteiger partial charge in [0.1, 0.15) is 5.78 Å². The lowest BCUT2D eigenvalue weighted by atomic mass is 10.1. The largest absolute Gasteiger partial charge is 0.450 e. The van der Waals surface area contributed by atoms with Crippen molar-refractivity contribution >= 4 is 11.6 Å². The topological polar surface area (TPSA) is 34.1 Å². The van der Waals surface area contributed by atoms with Crippen molar-refractivity contribution in [3.8, 4) is 0 Å². The highest BCUT2D eigenvalue weighted by molar-refractivity contribution is 6.01. The smallest absolute Gasteiger partial charge is 0.299 e. The molecular weight excluding hydrogens is 185 g/mol. The van der Waals surface area contributed by atoms with Crippen molar-refractivity contribution in [2.45, 2.75) is 25.4 Å². The Hall–Kier alpha value is -1.13. The molecule has 0 N–H and O–H groups in total. The van der Waals surface area contributed by atoms with Crippen LogP contribution in [0.4, 0.5) is 13.2 Å². The first-order valence-corrected chi connectivity index (χ1v) is 3.60. The molecule has 0 aromatic carbocycles. The van der Waals surface area contributed by atoms with Crippen molar-refractivity contribution < 1.29 is 22.8 Å². The van der Waals surface area contributed by atoms with E-state index in [1.807, 2.05) is 0 Å². The first-order valence-electron chi connectivity index (χ1n) is 3.60. The summed E-state index contributed by atoms with van der Waals surface area (Å²) in [5.74, 6) is -2.69. The van der Waals surface area contributed by atoms with Crippen LogP contribution >= 0.6 is 0 Å². The lowest BCUT2D eigenvalue weighted by molar-refractivity contribution is -0.171. The molecular formula is C8H9F3O2. The number of allylic oxidation sites excluding steroid dienone is 1. The van der Waals surface area contributed by atoms with Crippen LogP contribution in [0.2, 0.25) is 0 Å². The monoisotopic (exact) mass is 194 g/mol. The van der Waals surface area contributed by atoms with E-state index >= 15 is 0 Å². The zero-order valence-electron chi connectivity index (χ0n) is 6.86. The minimum atomic E-state index is -4.90. The highest BCUT2D eigenvalue weighted by Gasteiger charge is 2.38. The Morgan fingerprint density at radius 2 is 1.85 bits per heavy atom. The summed E-state index contributed by atoms with van der Waals surface area (Å²) >= 11 is 0. The number of carbonyl (C=O) groups is 2. The van der Waals surface area contributed by atoms with Crippen molar-refractivity contribution in [2.75, 3.05) is 0 Å². The SMILES string of the molecule is C=CCCC(=O)CC(=O)C(F)(F)F. The van der Waals surface area contributed by atoms with Gasteiger partial charge in [0.25, 0.3) is 0 Å². The molecule has 0 aromatic heterocycles. The Bertz CT molecular complexity index is 218. The van der Waals surface area contributed by atoms with Crippen molar-refractivity contribution in [1.29, 1.82) is 0 Å². The molecule has 0 saturated heterocycles. The minimum absolute atomic E-state index is 0.0642. The van der Waals surface area contributed by atoms with Crippen molar-refractivity contribution in [2.24, 2.45) is 0 Å². The molecule has 0 aliphatic heterocycles. The van der Waals surface area contributed by atoms with Crippen LogP contribution in [0.3, 0.4) is 0 Å². The lowest BCUT2D eigenvalue weighted by Crippen LogP contribution is -2.25. The van der Waals surface area contributed by atoms with Crippen molar-refractivity contribution in [3.05, 3.63) is 12.7 Å². The molecule has 0 aromatic rings. The van der Waals surface area contributed by atoms with Gasteiger partial charge in [0.05, 0.1) is 6.42 Å². The second-order valence-electron chi connectivity index (χ2n) is 2.46. The summed E-state index contributed by atoms with van der Waals surface area (Å²) in [4.78, 5) is 21.0. The van der Waals surface area contributed by atoms with Crippen LogP contribution in [-0.4, -0.2) is 17.7 Å². The van der Waals surface area contributed by atoms with E-state index in [0.717, 1.165) is 0 Å². The zero-order chi connectivity index (χ0) is 10.5. The first kappa shape index (κ1) is 11.9. The van der Waals surface area contributed by atoms with Gasteiger partial charge in [0, 0.05) is 6.42 Å². The fourth-order valence-corrected chi connectivity index (χ4v) is 0.631. The van der Waals surface area contributed by atoms with Crippen LogP contribution in [0, 0.1) is 0 Å². The van der Waals surface area contributed by atoms with E-state index < -0.39 is 24.2 Å². The molecule has 74 valence electrons. The second kappa shape index (κ2) is 4.79. The van der Waals surface area contributed by atoms with Gasteiger partial charge in [-0.15, -0.1) is 6.58 Å². The summed E-state index contributed by atoms with van der Waals surface area (Å²) in [6, 6.07) is 0. The predicted molar refractivity (Wildman–Crippen MR) is 40.1 cm³/mol. The molecule has 0 saturated carbocycles. The predicted octanol–water partition coefficient (Wildman–Crippen LogP) is 2.04. The van der Waals surface area contributed by atoms with Gasteiger partial charge >= 0.3 is 6.18 Å². The highest BCUT2D eigenvalue weighted by atomic mass is 19.4. The van der Waals surface area contributed by atoms with E-state index in [4.69, 9.17) is 0 Å². The van der Waals surface area contributed by atoms with Gasteiger partial charge in [0.2, 0.25) is 5.78 Å². The van der Waals surface area contributed by atoms with Crippen LogP contribution in [-0.2, 0) is 9.59 Å². The Balaban J connectivity index is 3.93. The third-order valence-electron chi connectivity index (χ3n) is 1.30.